The summed E-state index contributed by atoms with van der Waals surface area (Å²) in [5.74, 6) is -1.22. The zero-order chi connectivity index (χ0) is 22.4. The average molecular weight is 445 g/mol. The van der Waals surface area contributed by atoms with Gasteiger partial charge in [-0.15, -0.1) is 11.3 Å². The second-order valence-corrected chi connectivity index (χ2v) is 8.98. The van der Waals surface area contributed by atoms with E-state index in [1.165, 1.54) is 11.3 Å². The highest BCUT2D eigenvalue weighted by Gasteiger charge is 2.26. The van der Waals surface area contributed by atoms with Crippen molar-refractivity contribution in [3.05, 3.63) is 40.3 Å². The Labute approximate surface area is 185 Å². The number of ether oxygens (including phenoxy) is 1. The fraction of sp³-hybridized carbons (Fsp3) is 0.435. The molecule has 0 saturated heterocycles. The van der Waals surface area contributed by atoms with E-state index in [0.717, 1.165) is 42.5 Å². The first-order valence-corrected chi connectivity index (χ1v) is 11.3. The number of carboxylic acid groups (broad SMARTS) is 1. The van der Waals surface area contributed by atoms with Crippen LogP contribution in [0, 0.1) is 5.92 Å². The quantitative estimate of drug-likeness (QED) is 0.511. The number of amides is 2. The summed E-state index contributed by atoms with van der Waals surface area (Å²) in [6.45, 7) is 1.73. The Hall–Kier alpha value is -2.87. The zero-order valence-corrected chi connectivity index (χ0v) is 18.6. The van der Waals surface area contributed by atoms with E-state index in [1.807, 2.05) is 12.1 Å². The van der Waals surface area contributed by atoms with E-state index < -0.39 is 5.97 Å². The summed E-state index contributed by atoms with van der Waals surface area (Å²) >= 11 is 1.45. The number of rotatable bonds is 8. The van der Waals surface area contributed by atoms with Gasteiger partial charge >= 0.3 is 5.97 Å². The molecular weight excluding hydrogens is 416 g/mol. The third-order valence-corrected chi connectivity index (χ3v) is 6.52. The lowest BCUT2D eigenvalue weighted by Gasteiger charge is -2.13. The topological polar surface area (TPSA) is 105 Å². The Bertz CT molecular complexity index is 969. The molecule has 166 valence electrons. The van der Waals surface area contributed by atoms with Gasteiger partial charge in [-0.05, 0) is 49.3 Å². The molecule has 0 aliphatic heterocycles. The minimum Gasteiger partial charge on any atom is -0.495 e. The summed E-state index contributed by atoms with van der Waals surface area (Å²) < 4.78 is 5.34. The first kappa shape index (κ1) is 22.8. The van der Waals surface area contributed by atoms with Crippen molar-refractivity contribution in [1.82, 2.24) is 0 Å². The van der Waals surface area contributed by atoms with Crippen molar-refractivity contribution in [1.29, 1.82) is 0 Å². The van der Waals surface area contributed by atoms with Crippen molar-refractivity contribution in [3.63, 3.8) is 0 Å². The molecule has 1 aliphatic rings. The molecule has 1 heterocycles. The number of carbonyl (C=O) groups is 3. The maximum atomic E-state index is 13.3. The number of hydrogen-bond donors (Lipinski definition) is 3. The molecule has 0 spiro atoms. The van der Waals surface area contributed by atoms with Gasteiger partial charge in [-0.1, -0.05) is 25.5 Å². The lowest BCUT2D eigenvalue weighted by Crippen LogP contribution is -2.20. The molecule has 7 nitrogen and oxygen atoms in total. The number of anilines is 2. The van der Waals surface area contributed by atoms with Gasteiger partial charge in [0.2, 0.25) is 5.91 Å². The Kier molecular flexibility index (Phi) is 7.68. The summed E-state index contributed by atoms with van der Waals surface area (Å²) in [7, 11) is 1.55. The van der Waals surface area contributed by atoms with Gasteiger partial charge in [-0.2, -0.15) is 0 Å². The number of carboxylic acids is 1. The van der Waals surface area contributed by atoms with Gasteiger partial charge in [0, 0.05) is 17.7 Å². The number of fused-ring (bicyclic) bond motifs is 1. The molecule has 3 N–H and O–H groups in total. The fourth-order valence-electron chi connectivity index (χ4n) is 3.87. The van der Waals surface area contributed by atoms with Crippen LogP contribution < -0.4 is 15.4 Å². The van der Waals surface area contributed by atoms with Crippen LogP contribution in [0.5, 0.6) is 5.75 Å². The lowest BCUT2D eigenvalue weighted by molar-refractivity contribution is -0.138. The number of benzene rings is 1. The number of thiophene rings is 1. The third kappa shape index (κ3) is 5.85. The highest BCUT2D eigenvalue weighted by atomic mass is 32.1. The zero-order valence-electron chi connectivity index (χ0n) is 17.8. The van der Waals surface area contributed by atoms with Crippen molar-refractivity contribution >= 4 is 39.8 Å². The molecule has 0 saturated carbocycles. The summed E-state index contributed by atoms with van der Waals surface area (Å²) in [6, 6.07) is 7.19. The van der Waals surface area contributed by atoms with Crippen molar-refractivity contribution in [2.24, 2.45) is 5.92 Å². The molecule has 0 fully saturated rings. The van der Waals surface area contributed by atoms with E-state index >= 15 is 0 Å². The number of aliphatic carboxylic acids is 1. The van der Waals surface area contributed by atoms with E-state index in [9.17, 15) is 14.4 Å². The highest BCUT2D eigenvalue weighted by molar-refractivity contribution is 7.17. The molecule has 3 rings (SSSR count). The summed E-state index contributed by atoms with van der Waals surface area (Å²) in [6.07, 6.45) is 4.87. The standard InChI is InChI=1S/C23H28N2O5S/c1-14(13-20(27)28)12-19(26)25-23-21(15-8-4-3-5-11-18(15)31-23)22(29)24-16-9-6-7-10-17(16)30-2/h6-7,9-10,14H,3-5,8,11-13H2,1-2H3,(H,24,29)(H,25,26)(H,27,28)/t14-/m0/s1. The van der Waals surface area contributed by atoms with Crippen LogP contribution in [-0.4, -0.2) is 30.0 Å². The molecule has 0 unspecified atom stereocenters. The van der Waals surface area contributed by atoms with Gasteiger partial charge in [0.1, 0.15) is 10.8 Å². The van der Waals surface area contributed by atoms with Crippen molar-refractivity contribution in [3.8, 4) is 5.75 Å². The first-order valence-electron chi connectivity index (χ1n) is 10.5. The second-order valence-electron chi connectivity index (χ2n) is 7.88. The van der Waals surface area contributed by atoms with E-state index in [2.05, 4.69) is 10.6 Å². The van der Waals surface area contributed by atoms with Crippen molar-refractivity contribution in [2.75, 3.05) is 17.7 Å². The molecule has 1 aromatic heterocycles. The number of nitrogens with one attached hydrogen (secondary N) is 2. The monoisotopic (exact) mass is 444 g/mol. The Morgan fingerprint density at radius 1 is 1.10 bits per heavy atom. The van der Waals surface area contributed by atoms with Crippen LogP contribution >= 0.6 is 11.3 Å². The van der Waals surface area contributed by atoms with Gasteiger partial charge in [-0.3, -0.25) is 14.4 Å². The number of para-hydroxylation sites is 2. The van der Waals surface area contributed by atoms with Gasteiger partial charge in [0.05, 0.1) is 18.4 Å². The molecule has 31 heavy (non-hydrogen) atoms. The SMILES string of the molecule is COc1ccccc1NC(=O)c1c(NC(=O)C[C@H](C)CC(=O)O)sc2c1CCCCC2. The molecule has 1 atom stereocenters. The van der Waals surface area contributed by atoms with Crippen LogP contribution in [0.4, 0.5) is 10.7 Å². The largest absolute Gasteiger partial charge is 0.495 e. The van der Waals surface area contributed by atoms with E-state index in [1.54, 1.807) is 26.2 Å². The molecule has 2 aromatic rings. The Morgan fingerprint density at radius 2 is 1.84 bits per heavy atom. The van der Waals surface area contributed by atoms with Crippen molar-refractivity contribution < 1.29 is 24.2 Å². The summed E-state index contributed by atoms with van der Waals surface area (Å²) in [5.41, 5.74) is 2.08. The molecule has 1 aromatic carbocycles. The van der Waals surface area contributed by atoms with Gasteiger partial charge in [0.15, 0.2) is 0 Å². The van der Waals surface area contributed by atoms with Crippen LogP contribution in [-0.2, 0) is 22.4 Å². The first-order chi connectivity index (χ1) is 14.9. The number of carbonyl (C=O) groups excluding carboxylic acids is 2. The molecular formula is C23H28N2O5S. The summed E-state index contributed by atoms with van der Waals surface area (Å²) in [4.78, 5) is 37.9. The minimum atomic E-state index is -0.931. The predicted molar refractivity (Wildman–Crippen MR) is 121 cm³/mol. The maximum Gasteiger partial charge on any atom is 0.303 e. The van der Waals surface area contributed by atoms with Crippen LogP contribution in [0.3, 0.4) is 0 Å². The smallest absolute Gasteiger partial charge is 0.303 e. The third-order valence-electron chi connectivity index (χ3n) is 5.31. The van der Waals surface area contributed by atoms with Crippen LogP contribution in [0.1, 0.15) is 59.8 Å². The van der Waals surface area contributed by atoms with Crippen molar-refractivity contribution in [2.45, 2.75) is 51.9 Å². The molecule has 1 aliphatic carbocycles. The number of methoxy groups -OCH3 is 1. The van der Waals surface area contributed by atoms with E-state index in [0.29, 0.717) is 22.0 Å². The van der Waals surface area contributed by atoms with E-state index in [-0.39, 0.29) is 30.6 Å². The van der Waals surface area contributed by atoms with Crippen LogP contribution in [0.2, 0.25) is 0 Å². The Balaban J connectivity index is 1.87. The molecule has 2 amide bonds. The van der Waals surface area contributed by atoms with Gasteiger partial charge < -0.3 is 20.5 Å². The lowest BCUT2D eigenvalue weighted by atomic mass is 10.0. The minimum absolute atomic E-state index is 0.0739. The van der Waals surface area contributed by atoms with E-state index in [4.69, 9.17) is 9.84 Å². The maximum absolute atomic E-state index is 13.3. The van der Waals surface area contributed by atoms with Crippen LogP contribution in [0.15, 0.2) is 24.3 Å². The number of aryl methyl sites for hydroxylation is 1. The fourth-order valence-corrected chi connectivity index (χ4v) is 5.17. The van der Waals surface area contributed by atoms with Crippen LogP contribution in [0.25, 0.3) is 0 Å². The summed E-state index contributed by atoms with van der Waals surface area (Å²) in [5, 5.41) is 15.3. The second kappa shape index (κ2) is 10.4. The molecule has 0 bridgehead atoms. The predicted octanol–water partition coefficient (Wildman–Crippen LogP) is 4.72. The van der Waals surface area contributed by atoms with Gasteiger partial charge in [0.25, 0.3) is 5.91 Å². The molecule has 8 heteroatoms. The average Bonchev–Trinajstić information content (AvgIpc) is 2.88. The molecule has 0 radical (unpaired) electrons. The number of hydrogen-bond acceptors (Lipinski definition) is 5. The van der Waals surface area contributed by atoms with Gasteiger partial charge in [-0.25, -0.2) is 0 Å². The normalized spacial score (nSPS) is 14.1. The highest BCUT2D eigenvalue weighted by Crippen LogP contribution is 2.38. The Morgan fingerprint density at radius 3 is 2.58 bits per heavy atom.